The van der Waals surface area contributed by atoms with Crippen LogP contribution in [-0.2, 0) is 13.1 Å². The molecule has 0 aliphatic heterocycles. The molecule has 0 aliphatic carbocycles. The quantitative estimate of drug-likeness (QED) is 0.885. The molecule has 1 heterocycles. The van der Waals surface area contributed by atoms with E-state index in [0.717, 1.165) is 11.3 Å². The Morgan fingerprint density at radius 2 is 2.12 bits per heavy atom. The van der Waals surface area contributed by atoms with E-state index < -0.39 is 0 Å². The number of rotatable bonds is 4. The molecule has 1 aromatic carbocycles. The van der Waals surface area contributed by atoms with Gasteiger partial charge < -0.3 is 9.73 Å². The normalized spacial score (nSPS) is 10.6. The zero-order valence-electron chi connectivity index (χ0n) is 8.54. The number of nitrogens with one attached hydrogen (secondary N) is 1. The van der Waals surface area contributed by atoms with Crippen LogP contribution in [0.1, 0.15) is 11.3 Å². The molecule has 0 aliphatic rings. The molecule has 0 radical (unpaired) electrons. The average molecular weight is 240 g/mol. The highest BCUT2D eigenvalue weighted by Gasteiger charge is 2.01. The molecule has 16 heavy (non-hydrogen) atoms. The summed E-state index contributed by atoms with van der Waals surface area (Å²) in [7, 11) is 0. The third kappa shape index (κ3) is 2.84. The monoisotopic (exact) mass is 239 g/mol. The van der Waals surface area contributed by atoms with Crippen LogP contribution in [0.25, 0.3) is 0 Å². The molecule has 0 saturated carbocycles. The maximum atomic E-state index is 13.1. The molecule has 0 spiro atoms. The fourth-order valence-corrected chi connectivity index (χ4v) is 1.51. The summed E-state index contributed by atoms with van der Waals surface area (Å²) in [5.41, 5.74) is 0.855. The molecule has 1 N–H and O–H groups in total. The average Bonchev–Trinajstić information content (AvgIpc) is 2.76. The minimum atomic E-state index is -0.390. The Bertz CT molecular complexity index is 456. The summed E-state index contributed by atoms with van der Waals surface area (Å²) in [6, 6.07) is 8.49. The molecule has 2 rings (SSSR count). The van der Waals surface area contributed by atoms with Crippen molar-refractivity contribution in [3.05, 3.63) is 58.8 Å². The van der Waals surface area contributed by atoms with Crippen LogP contribution in [0.4, 0.5) is 4.39 Å². The predicted octanol–water partition coefficient (Wildman–Crippen LogP) is 3.36. The Labute approximate surface area is 98.0 Å². The lowest BCUT2D eigenvalue weighted by Crippen LogP contribution is -2.12. The molecule has 0 amide bonds. The number of benzene rings is 1. The molecule has 1 aromatic heterocycles. The predicted molar refractivity (Wildman–Crippen MR) is 60.7 cm³/mol. The van der Waals surface area contributed by atoms with Gasteiger partial charge in [-0.15, -0.1) is 0 Å². The topological polar surface area (TPSA) is 25.2 Å². The summed E-state index contributed by atoms with van der Waals surface area (Å²) in [4.78, 5) is 0. The molecular weight excluding hydrogens is 229 g/mol. The molecule has 0 unspecified atom stereocenters. The third-order valence-corrected chi connectivity index (χ3v) is 2.50. The van der Waals surface area contributed by atoms with E-state index in [9.17, 15) is 4.39 Å². The second kappa shape index (κ2) is 5.14. The van der Waals surface area contributed by atoms with Crippen molar-refractivity contribution in [2.45, 2.75) is 13.1 Å². The van der Waals surface area contributed by atoms with Crippen LogP contribution in [0.5, 0.6) is 0 Å². The van der Waals surface area contributed by atoms with Crippen molar-refractivity contribution in [2.75, 3.05) is 0 Å². The van der Waals surface area contributed by atoms with Gasteiger partial charge in [0.25, 0.3) is 0 Å². The van der Waals surface area contributed by atoms with Crippen molar-refractivity contribution in [1.29, 1.82) is 0 Å². The van der Waals surface area contributed by atoms with Crippen LogP contribution in [0.3, 0.4) is 0 Å². The van der Waals surface area contributed by atoms with E-state index in [0.29, 0.717) is 13.1 Å². The maximum Gasteiger partial charge on any atom is 0.142 e. The Morgan fingerprint density at radius 3 is 2.81 bits per heavy atom. The van der Waals surface area contributed by atoms with Crippen LogP contribution >= 0.6 is 11.6 Å². The van der Waals surface area contributed by atoms with Gasteiger partial charge in [-0.3, -0.25) is 0 Å². The third-order valence-electron chi connectivity index (χ3n) is 2.19. The molecule has 0 bridgehead atoms. The number of furan rings is 1. The Kier molecular flexibility index (Phi) is 3.59. The molecule has 0 fully saturated rings. The zero-order valence-corrected chi connectivity index (χ0v) is 9.30. The molecular formula is C12H11ClFNO. The Morgan fingerprint density at radius 1 is 1.25 bits per heavy atom. The Balaban J connectivity index is 1.87. The van der Waals surface area contributed by atoms with Gasteiger partial charge in [-0.1, -0.05) is 17.7 Å². The van der Waals surface area contributed by atoms with E-state index in [2.05, 4.69) is 5.32 Å². The summed E-state index contributed by atoms with van der Waals surface area (Å²) < 4.78 is 18.3. The lowest BCUT2D eigenvalue weighted by Gasteiger charge is -2.03. The van der Waals surface area contributed by atoms with E-state index in [1.165, 1.54) is 6.07 Å². The summed E-state index contributed by atoms with van der Waals surface area (Å²) in [5.74, 6) is 0.466. The van der Waals surface area contributed by atoms with Crippen LogP contribution in [0.15, 0.2) is 41.0 Å². The first-order chi connectivity index (χ1) is 7.75. The lowest BCUT2D eigenvalue weighted by molar-refractivity contribution is 0.482. The van der Waals surface area contributed by atoms with Crippen molar-refractivity contribution >= 4 is 11.6 Å². The fourth-order valence-electron chi connectivity index (χ4n) is 1.39. The molecule has 2 aromatic rings. The van der Waals surface area contributed by atoms with Gasteiger partial charge in [-0.2, -0.15) is 0 Å². The van der Waals surface area contributed by atoms with Crippen molar-refractivity contribution < 1.29 is 8.81 Å². The SMILES string of the molecule is Fc1cc(CNCc2ccco2)ccc1Cl. The van der Waals surface area contributed by atoms with E-state index in [1.807, 2.05) is 12.1 Å². The van der Waals surface area contributed by atoms with Crippen molar-refractivity contribution in [3.63, 3.8) is 0 Å². The van der Waals surface area contributed by atoms with Crippen LogP contribution in [0.2, 0.25) is 5.02 Å². The minimum absolute atomic E-state index is 0.148. The van der Waals surface area contributed by atoms with Crippen molar-refractivity contribution in [2.24, 2.45) is 0 Å². The first-order valence-corrected chi connectivity index (χ1v) is 5.30. The minimum Gasteiger partial charge on any atom is -0.468 e. The summed E-state index contributed by atoms with van der Waals surface area (Å²) >= 11 is 5.59. The highest BCUT2D eigenvalue weighted by Crippen LogP contribution is 2.15. The largest absolute Gasteiger partial charge is 0.468 e. The molecule has 0 atom stereocenters. The highest BCUT2D eigenvalue weighted by atomic mass is 35.5. The van der Waals surface area contributed by atoms with E-state index in [4.69, 9.17) is 16.0 Å². The number of hydrogen-bond acceptors (Lipinski definition) is 2. The second-order valence-corrected chi connectivity index (χ2v) is 3.84. The van der Waals surface area contributed by atoms with Crippen LogP contribution in [0, 0.1) is 5.82 Å². The number of halogens is 2. The fraction of sp³-hybridized carbons (Fsp3) is 0.167. The second-order valence-electron chi connectivity index (χ2n) is 3.43. The van der Waals surface area contributed by atoms with Gasteiger partial charge in [0.15, 0.2) is 0 Å². The van der Waals surface area contributed by atoms with Gasteiger partial charge in [-0.05, 0) is 29.8 Å². The molecule has 84 valence electrons. The van der Waals surface area contributed by atoms with Gasteiger partial charge in [0.1, 0.15) is 11.6 Å². The van der Waals surface area contributed by atoms with Gasteiger partial charge >= 0.3 is 0 Å². The van der Waals surface area contributed by atoms with Crippen LogP contribution in [-0.4, -0.2) is 0 Å². The smallest absolute Gasteiger partial charge is 0.142 e. The summed E-state index contributed by atoms with van der Waals surface area (Å²) in [6.07, 6.45) is 1.62. The first kappa shape index (κ1) is 11.2. The highest BCUT2D eigenvalue weighted by molar-refractivity contribution is 6.30. The van der Waals surface area contributed by atoms with Crippen molar-refractivity contribution in [1.82, 2.24) is 5.32 Å². The maximum absolute atomic E-state index is 13.1. The first-order valence-electron chi connectivity index (χ1n) is 4.93. The van der Waals surface area contributed by atoms with E-state index >= 15 is 0 Å². The number of hydrogen-bond donors (Lipinski definition) is 1. The van der Waals surface area contributed by atoms with Crippen LogP contribution < -0.4 is 5.32 Å². The van der Waals surface area contributed by atoms with Gasteiger partial charge in [0.05, 0.1) is 17.8 Å². The molecule has 4 heteroatoms. The van der Waals surface area contributed by atoms with E-state index in [1.54, 1.807) is 18.4 Å². The molecule has 0 saturated heterocycles. The van der Waals surface area contributed by atoms with Gasteiger partial charge in [0.2, 0.25) is 0 Å². The van der Waals surface area contributed by atoms with E-state index in [-0.39, 0.29) is 10.8 Å². The summed E-state index contributed by atoms with van der Waals surface area (Å²) in [5, 5.41) is 3.30. The Hall–Kier alpha value is -1.32. The molecule has 2 nitrogen and oxygen atoms in total. The lowest BCUT2D eigenvalue weighted by atomic mass is 10.2. The standard InChI is InChI=1S/C12H11ClFNO/c13-11-4-3-9(6-12(11)14)7-15-8-10-2-1-5-16-10/h1-6,15H,7-8H2. The van der Waals surface area contributed by atoms with Gasteiger partial charge in [-0.25, -0.2) is 4.39 Å². The summed E-state index contributed by atoms with van der Waals surface area (Å²) in [6.45, 7) is 1.20. The van der Waals surface area contributed by atoms with Crippen molar-refractivity contribution in [3.8, 4) is 0 Å². The zero-order chi connectivity index (χ0) is 11.4. The van der Waals surface area contributed by atoms with Gasteiger partial charge in [0, 0.05) is 6.54 Å².